The maximum atomic E-state index is 8.83. The molecular formula is C12H28N2O3. The predicted molar refractivity (Wildman–Crippen MR) is 69.1 cm³/mol. The lowest BCUT2D eigenvalue weighted by Gasteiger charge is -2.25. The number of aliphatic hydroxyl groups excluding tert-OH is 1. The Morgan fingerprint density at radius 2 is 1.65 bits per heavy atom. The summed E-state index contributed by atoms with van der Waals surface area (Å²) in [5.41, 5.74) is 5.91. The van der Waals surface area contributed by atoms with Gasteiger partial charge in [0.25, 0.3) is 0 Å². The topological polar surface area (TPSA) is 68.0 Å². The van der Waals surface area contributed by atoms with Gasteiger partial charge >= 0.3 is 0 Å². The third-order valence-corrected chi connectivity index (χ3v) is 2.50. The third-order valence-electron chi connectivity index (χ3n) is 2.50. The SMILES string of the molecule is CCOCCN(CCOCC)CC(N)CCO. The van der Waals surface area contributed by atoms with E-state index in [2.05, 4.69) is 4.90 Å². The minimum absolute atomic E-state index is 0.0169. The van der Waals surface area contributed by atoms with E-state index in [-0.39, 0.29) is 12.6 Å². The van der Waals surface area contributed by atoms with E-state index in [0.717, 1.165) is 32.8 Å². The van der Waals surface area contributed by atoms with Crippen LogP contribution in [0.2, 0.25) is 0 Å². The summed E-state index contributed by atoms with van der Waals surface area (Å²) in [4.78, 5) is 2.23. The van der Waals surface area contributed by atoms with Crippen molar-refractivity contribution in [1.29, 1.82) is 0 Å². The Labute approximate surface area is 105 Å². The van der Waals surface area contributed by atoms with Crippen LogP contribution in [0.15, 0.2) is 0 Å². The monoisotopic (exact) mass is 248 g/mol. The number of hydrogen-bond acceptors (Lipinski definition) is 5. The first kappa shape index (κ1) is 16.8. The number of nitrogens with two attached hydrogens (primary N) is 1. The summed E-state index contributed by atoms with van der Waals surface area (Å²) >= 11 is 0. The molecular weight excluding hydrogens is 220 g/mol. The lowest BCUT2D eigenvalue weighted by Crippen LogP contribution is -2.41. The lowest BCUT2D eigenvalue weighted by atomic mass is 10.2. The Bertz CT molecular complexity index is 149. The summed E-state index contributed by atoms with van der Waals surface area (Å²) in [6, 6.07) is 0.0169. The third kappa shape index (κ3) is 10.7. The first-order valence-corrected chi connectivity index (χ1v) is 6.48. The van der Waals surface area contributed by atoms with Crippen LogP contribution in [0.5, 0.6) is 0 Å². The lowest BCUT2D eigenvalue weighted by molar-refractivity contribution is 0.0789. The maximum Gasteiger partial charge on any atom is 0.0593 e. The molecule has 0 fully saturated rings. The zero-order valence-electron chi connectivity index (χ0n) is 11.2. The Balaban J connectivity index is 3.82. The average molecular weight is 248 g/mol. The molecule has 5 nitrogen and oxygen atoms in total. The highest BCUT2D eigenvalue weighted by molar-refractivity contribution is 4.68. The Morgan fingerprint density at radius 3 is 2.06 bits per heavy atom. The van der Waals surface area contributed by atoms with Crippen LogP contribution in [0, 0.1) is 0 Å². The second kappa shape index (κ2) is 12.3. The van der Waals surface area contributed by atoms with Crippen molar-refractivity contribution in [3.05, 3.63) is 0 Å². The molecule has 17 heavy (non-hydrogen) atoms. The first-order valence-electron chi connectivity index (χ1n) is 6.48. The molecule has 0 heterocycles. The standard InChI is InChI=1S/C12H28N2O3/c1-3-16-9-6-14(7-10-17-4-2)11-12(13)5-8-15/h12,15H,3-11,13H2,1-2H3. The van der Waals surface area contributed by atoms with Crippen molar-refractivity contribution in [1.82, 2.24) is 4.90 Å². The maximum absolute atomic E-state index is 8.83. The normalized spacial score (nSPS) is 13.2. The minimum atomic E-state index is 0.0169. The molecule has 0 bridgehead atoms. The molecule has 0 aliphatic carbocycles. The second-order valence-corrected chi connectivity index (χ2v) is 3.97. The van der Waals surface area contributed by atoms with Crippen LogP contribution in [-0.4, -0.2) is 68.7 Å². The molecule has 5 heteroatoms. The van der Waals surface area contributed by atoms with Gasteiger partial charge in [0.15, 0.2) is 0 Å². The van der Waals surface area contributed by atoms with Crippen LogP contribution < -0.4 is 5.73 Å². The van der Waals surface area contributed by atoms with Crippen molar-refractivity contribution >= 4 is 0 Å². The molecule has 1 atom stereocenters. The molecule has 0 saturated heterocycles. The smallest absolute Gasteiger partial charge is 0.0593 e. The summed E-state index contributed by atoms with van der Waals surface area (Å²) in [6.45, 7) is 9.53. The highest BCUT2D eigenvalue weighted by atomic mass is 16.5. The fraction of sp³-hybridized carbons (Fsp3) is 1.00. The van der Waals surface area contributed by atoms with Gasteiger partial charge < -0.3 is 20.3 Å². The van der Waals surface area contributed by atoms with E-state index in [1.807, 2.05) is 13.8 Å². The summed E-state index contributed by atoms with van der Waals surface area (Å²) < 4.78 is 10.7. The number of rotatable bonds is 12. The van der Waals surface area contributed by atoms with Crippen molar-refractivity contribution in [3.63, 3.8) is 0 Å². The van der Waals surface area contributed by atoms with Crippen LogP contribution in [-0.2, 0) is 9.47 Å². The number of nitrogens with zero attached hydrogens (tertiary/aromatic N) is 1. The van der Waals surface area contributed by atoms with Crippen LogP contribution in [0.4, 0.5) is 0 Å². The molecule has 0 aromatic rings. The molecule has 0 rings (SSSR count). The van der Waals surface area contributed by atoms with Crippen molar-refractivity contribution in [3.8, 4) is 0 Å². The number of hydrogen-bond donors (Lipinski definition) is 2. The van der Waals surface area contributed by atoms with Gasteiger partial charge in [0.05, 0.1) is 13.2 Å². The Hall–Kier alpha value is -0.200. The molecule has 0 aromatic carbocycles. The first-order chi connectivity index (χ1) is 8.24. The van der Waals surface area contributed by atoms with Gasteiger partial charge in [-0.05, 0) is 20.3 Å². The number of ether oxygens (including phenoxy) is 2. The highest BCUT2D eigenvalue weighted by Gasteiger charge is 2.10. The van der Waals surface area contributed by atoms with Gasteiger partial charge in [-0.25, -0.2) is 0 Å². The van der Waals surface area contributed by atoms with Gasteiger partial charge in [-0.15, -0.1) is 0 Å². The van der Waals surface area contributed by atoms with Crippen molar-refractivity contribution < 1.29 is 14.6 Å². The number of aliphatic hydroxyl groups is 1. The highest BCUT2D eigenvalue weighted by Crippen LogP contribution is 1.95. The zero-order chi connectivity index (χ0) is 12.9. The summed E-state index contributed by atoms with van der Waals surface area (Å²) in [6.07, 6.45) is 0.639. The van der Waals surface area contributed by atoms with Gasteiger partial charge in [0, 0.05) is 45.5 Å². The molecule has 0 aromatic heterocycles. The quantitative estimate of drug-likeness (QED) is 0.478. The van der Waals surface area contributed by atoms with E-state index in [1.54, 1.807) is 0 Å². The average Bonchev–Trinajstić information content (AvgIpc) is 2.29. The molecule has 1 unspecified atom stereocenters. The molecule has 0 aliphatic heterocycles. The van der Waals surface area contributed by atoms with Gasteiger partial charge in [-0.3, -0.25) is 4.90 Å². The molecule has 0 aliphatic rings. The van der Waals surface area contributed by atoms with Gasteiger partial charge in [-0.2, -0.15) is 0 Å². The van der Waals surface area contributed by atoms with E-state index in [1.165, 1.54) is 0 Å². The summed E-state index contributed by atoms with van der Waals surface area (Å²) in [7, 11) is 0. The largest absolute Gasteiger partial charge is 0.396 e. The minimum Gasteiger partial charge on any atom is -0.396 e. The van der Waals surface area contributed by atoms with Crippen molar-refractivity contribution in [2.24, 2.45) is 5.73 Å². The fourth-order valence-electron chi connectivity index (χ4n) is 1.56. The van der Waals surface area contributed by atoms with Crippen molar-refractivity contribution in [2.75, 3.05) is 52.7 Å². The Morgan fingerprint density at radius 1 is 1.12 bits per heavy atom. The molecule has 3 N–H and O–H groups in total. The van der Waals surface area contributed by atoms with Crippen molar-refractivity contribution in [2.45, 2.75) is 26.3 Å². The van der Waals surface area contributed by atoms with Crippen LogP contribution in [0.1, 0.15) is 20.3 Å². The van der Waals surface area contributed by atoms with Gasteiger partial charge in [0.2, 0.25) is 0 Å². The fourth-order valence-corrected chi connectivity index (χ4v) is 1.56. The van der Waals surface area contributed by atoms with Crippen LogP contribution >= 0.6 is 0 Å². The second-order valence-electron chi connectivity index (χ2n) is 3.97. The molecule has 104 valence electrons. The molecule has 0 radical (unpaired) electrons. The van der Waals surface area contributed by atoms with Gasteiger partial charge in [0.1, 0.15) is 0 Å². The summed E-state index contributed by atoms with van der Waals surface area (Å²) in [5, 5.41) is 8.83. The van der Waals surface area contributed by atoms with Gasteiger partial charge in [-0.1, -0.05) is 0 Å². The Kier molecular flexibility index (Phi) is 12.1. The van der Waals surface area contributed by atoms with E-state index in [0.29, 0.717) is 19.6 Å². The molecule has 0 saturated carbocycles. The van der Waals surface area contributed by atoms with E-state index in [4.69, 9.17) is 20.3 Å². The van der Waals surface area contributed by atoms with E-state index >= 15 is 0 Å². The van der Waals surface area contributed by atoms with Crippen LogP contribution in [0.25, 0.3) is 0 Å². The molecule has 0 amide bonds. The van der Waals surface area contributed by atoms with E-state index in [9.17, 15) is 0 Å². The zero-order valence-corrected chi connectivity index (χ0v) is 11.2. The summed E-state index contributed by atoms with van der Waals surface area (Å²) in [5.74, 6) is 0. The van der Waals surface area contributed by atoms with E-state index < -0.39 is 0 Å². The predicted octanol–water partition coefficient (Wildman–Crippen LogP) is 0.0711. The molecule has 0 spiro atoms. The van der Waals surface area contributed by atoms with Crippen LogP contribution in [0.3, 0.4) is 0 Å².